The van der Waals surface area contributed by atoms with Crippen molar-refractivity contribution in [2.75, 3.05) is 13.3 Å². The predicted octanol–water partition coefficient (Wildman–Crippen LogP) is -1.12. The van der Waals surface area contributed by atoms with E-state index in [0.717, 1.165) is 6.54 Å². The lowest BCUT2D eigenvalue weighted by atomic mass is 10.9. The summed E-state index contributed by atoms with van der Waals surface area (Å²) in [5.41, 5.74) is 0. The quantitative estimate of drug-likeness (QED) is 0.333. The minimum atomic E-state index is -0.169. The number of aliphatic hydroxyl groups is 1. The zero-order chi connectivity index (χ0) is 4.41. The summed E-state index contributed by atoms with van der Waals surface area (Å²) in [6, 6.07) is 0. The first-order valence-corrected chi connectivity index (χ1v) is 1.89. The van der Waals surface area contributed by atoms with Gasteiger partial charge < -0.3 is 9.84 Å². The zero-order valence-electron chi connectivity index (χ0n) is 3.35. The van der Waals surface area contributed by atoms with Gasteiger partial charge in [0.15, 0.2) is 0 Å². The maximum atomic E-state index is 8.01. The molecule has 2 N–H and O–H groups in total. The Morgan fingerprint density at radius 3 is 2.83 bits per heavy atom. The normalized spacial score (nSPS) is 30.5. The van der Waals surface area contributed by atoms with Crippen LogP contribution in [0.5, 0.6) is 0 Å². The third-order valence-electron chi connectivity index (χ3n) is 0.647. The van der Waals surface area contributed by atoms with Crippen LogP contribution in [0.3, 0.4) is 0 Å². The second-order valence-electron chi connectivity index (χ2n) is 1.19. The molecule has 1 fully saturated rings. The van der Waals surface area contributed by atoms with Crippen LogP contribution in [0.4, 0.5) is 0 Å². The van der Waals surface area contributed by atoms with Gasteiger partial charge in [-0.3, -0.25) is 5.32 Å². The van der Waals surface area contributed by atoms with Gasteiger partial charge in [-0.1, -0.05) is 0 Å². The highest BCUT2D eigenvalue weighted by Crippen LogP contribution is 1.95. The summed E-state index contributed by atoms with van der Waals surface area (Å²) in [6.07, 6.45) is 0.148. The molecule has 1 aliphatic heterocycles. The van der Waals surface area contributed by atoms with Crippen molar-refractivity contribution < 1.29 is 9.84 Å². The molecule has 0 aromatic carbocycles. The van der Waals surface area contributed by atoms with E-state index >= 15 is 0 Å². The molecule has 1 unspecified atom stereocenters. The highest BCUT2D eigenvalue weighted by atomic mass is 16.6. The zero-order valence-corrected chi connectivity index (χ0v) is 3.35. The van der Waals surface area contributed by atoms with Crippen LogP contribution in [0.15, 0.2) is 0 Å². The van der Waals surface area contributed by atoms with E-state index in [4.69, 9.17) is 5.11 Å². The number of rotatable bonds is 2. The number of hydrogen-bond acceptors (Lipinski definition) is 3. The average molecular weight is 89.1 g/mol. The van der Waals surface area contributed by atoms with Crippen molar-refractivity contribution in [3.05, 3.63) is 0 Å². The third kappa shape index (κ3) is 0.931. The molecular weight excluding hydrogens is 82.0 g/mol. The van der Waals surface area contributed by atoms with Gasteiger partial charge in [-0.15, -0.1) is 0 Å². The Morgan fingerprint density at radius 1 is 2.00 bits per heavy atom. The minimum Gasteiger partial charge on any atom is -0.371 e. The van der Waals surface area contributed by atoms with Gasteiger partial charge in [-0.25, -0.2) is 0 Å². The van der Waals surface area contributed by atoms with Crippen molar-refractivity contribution in [1.29, 1.82) is 0 Å². The number of ether oxygens (including phenoxy) is 1. The molecule has 36 valence electrons. The van der Waals surface area contributed by atoms with Crippen LogP contribution >= 0.6 is 0 Å². The van der Waals surface area contributed by atoms with E-state index in [1.165, 1.54) is 0 Å². The molecule has 1 atom stereocenters. The van der Waals surface area contributed by atoms with E-state index in [0.29, 0.717) is 0 Å². The van der Waals surface area contributed by atoms with Gasteiger partial charge in [-0.2, -0.15) is 0 Å². The SMILES string of the molecule is OCOC1CN1. The van der Waals surface area contributed by atoms with E-state index in [1.54, 1.807) is 0 Å². The Bertz CT molecular complexity index is 44.1. The summed E-state index contributed by atoms with van der Waals surface area (Å²) >= 11 is 0. The van der Waals surface area contributed by atoms with Gasteiger partial charge in [0, 0.05) is 6.54 Å². The van der Waals surface area contributed by atoms with Gasteiger partial charge in [0.2, 0.25) is 0 Å². The summed E-state index contributed by atoms with van der Waals surface area (Å²) in [7, 11) is 0. The van der Waals surface area contributed by atoms with Crippen molar-refractivity contribution in [2.24, 2.45) is 0 Å². The summed E-state index contributed by atoms with van der Waals surface area (Å²) in [5.74, 6) is 0. The average Bonchev–Trinajstić information content (AvgIpc) is 2.21. The van der Waals surface area contributed by atoms with Crippen molar-refractivity contribution in [3.63, 3.8) is 0 Å². The fourth-order valence-electron chi connectivity index (χ4n) is 0.256. The first kappa shape index (κ1) is 4.05. The highest BCUT2D eigenvalue weighted by Gasteiger charge is 2.19. The summed E-state index contributed by atoms with van der Waals surface area (Å²) in [5, 5.41) is 10.9. The first-order chi connectivity index (χ1) is 2.93. The lowest BCUT2D eigenvalue weighted by Gasteiger charge is -1.87. The van der Waals surface area contributed by atoms with E-state index in [9.17, 15) is 0 Å². The molecule has 1 heterocycles. The molecule has 0 aliphatic carbocycles. The van der Waals surface area contributed by atoms with Crippen LogP contribution in [0, 0.1) is 0 Å². The van der Waals surface area contributed by atoms with Crippen LogP contribution in [-0.4, -0.2) is 24.7 Å². The van der Waals surface area contributed by atoms with E-state index in [-0.39, 0.29) is 13.0 Å². The second kappa shape index (κ2) is 1.55. The molecule has 3 heteroatoms. The monoisotopic (exact) mass is 89.0 g/mol. The fourth-order valence-corrected chi connectivity index (χ4v) is 0.256. The van der Waals surface area contributed by atoms with Crippen LogP contribution in [0.25, 0.3) is 0 Å². The summed E-state index contributed by atoms with van der Waals surface area (Å²) in [6.45, 7) is 0.720. The Kier molecular flexibility index (Phi) is 1.05. The Hall–Kier alpha value is -0.120. The molecule has 6 heavy (non-hydrogen) atoms. The van der Waals surface area contributed by atoms with E-state index in [2.05, 4.69) is 10.1 Å². The largest absolute Gasteiger partial charge is 0.371 e. The molecule has 0 radical (unpaired) electrons. The molecular formula is C3H7NO2. The van der Waals surface area contributed by atoms with Crippen molar-refractivity contribution in [3.8, 4) is 0 Å². The molecule has 1 aliphatic rings. The van der Waals surface area contributed by atoms with Gasteiger partial charge in [-0.05, 0) is 0 Å². The first-order valence-electron chi connectivity index (χ1n) is 1.89. The maximum absolute atomic E-state index is 8.01. The molecule has 3 nitrogen and oxygen atoms in total. The fraction of sp³-hybridized carbons (Fsp3) is 1.00. The van der Waals surface area contributed by atoms with E-state index in [1.807, 2.05) is 0 Å². The molecule has 0 saturated carbocycles. The minimum absolute atomic E-state index is 0.148. The Balaban J connectivity index is 1.88. The number of nitrogens with one attached hydrogen (secondary N) is 1. The maximum Gasteiger partial charge on any atom is 0.145 e. The van der Waals surface area contributed by atoms with Gasteiger partial charge in [0.05, 0.1) is 0 Å². The summed E-state index contributed by atoms with van der Waals surface area (Å²) < 4.78 is 4.60. The van der Waals surface area contributed by atoms with Crippen LogP contribution in [-0.2, 0) is 4.74 Å². The van der Waals surface area contributed by atoms with Crippen molar-refractivity contribution >= 4 is 0 Å². The van der Waals surface area contributed by atoms with Crippen LogP contribution < -0.4 is 5.32 Å². The molecule has 0 spiro atoms. The molecule has 1 saturated heterocycles. The predicted molar refractivity (Wildman–Crippen MR) is 20.0 cm³/mol. The Morgan fingerprint density at radius 2 is 2.67 bits per heavy atom. The number of hydrogen-bond donors (Lipinski definition) is 2. The standard InChI is InChI=1S/C3H7NO2/c5-2-6-3-1-4-3/h3-5H,1-2H2. The molecule has 0 bridgehead atoms. The summed E-state index contributed by atoms with van der Waals surface area (Å²) in [4.78, 5) is 0. The smallest absolute Gasteiger partial charge is 0.145 e. The number of aliphatic hydroxyl groups excluding tert-OH is 1. The molecule has 0 aromatic heterocycles. The van der Waals surface area contributed by atoms with Gasteiger partial charge in [0.25, 0.3) is 0 Å². The lowest BCUT2D eigenvalue weighted by molar-refractivity contribution is -0.0129. The Labute approximate surface area is 35.9 Å². The third-order valence-corrected chi connectivity index (χ3v) is 0.647. The molecule has 0 aromatic rings. The van der Waals surface area contributed by atoms with Gasteiger partial charge in [0.1, 0.15) is 13.0 Å². The van der Waals surface area contributed by atoms with Gasteiger partial charge >= 0.3 is 0 Å². The van der Waals surface area contributed by atoms with Crippen molar-refractivity contribution in [1.82, 2.24) is 5.32 Å². The second-order valence-corrected chi connectivity index (χ2v) is 1.19. The highest BCUT2D eigenvalue weighted by molar-refractivity contribution is 4.71. The lowest BCUT2D eigenvalue weighted by Crippen LogP contribution is -1.98. The van der Waals surface area contributed by atoms with E-state index < -0.39 is 0 Å². The molecule has 0 amide bonds. The molecule has 1 rings (SSSR count). The topological polar surface area (TPSA) is 51.4 Å². The van der Waals surface area contributed by atoms with Crippen molar-refractivity contribution in [2.45, 2.75) is 6.23 Å². The van der Waals surface area contributed by atoms with Crippen LogP contribution in [0.1, 0.15) is 0 Å². The van der Waals surface area contributed by atoms with Crippen LogP contribution in [0.2, 0.25) is 0 Å².